The second-order valence-electron chi connectivity index (χ2n) is 5.69. The lowest BCUT2D eigenvalue weighted by Gasteiger charge is -2.05. The minimum Gasteiger partial charge on any atom is -0.484 e. The first kappa shape index (κ1) is 20.0. The zero-order valence-electron chi connectivity index (χ0n) is 14.8. The second-order valence-corrected chi connectivity index (χ2v) is 7.13. The van der Waals surface area contributed by atoms with Crippen molar-refractivity contribution in [1.82, 2.24) is 4.57 Å². The Morgan fingerprint density at radius 1 is 1.29 bits per heavy atom. The van der Waals surface area contributed by atoms with Gasteiger partial charge < -0.3 is 14.0 Å². The molecule has 0 fully saturated rings. The summed E-state index contributed by atoms with van der Waals surface area (Å²) in [5, 5.41) is 11.6. The molecule has 10 heteroatoms. The van der Waals surface area contributed by atoms with Crippen molar-refractivity contribution in [3.8, 4) is 5.75 Å². The molecule has 8 nitrogen and oxygen atoms in total. The third-order valence-electron chi connectivity index (χ3n) is 3.79. The number of nitrogens with zero attached hydrogens (tertiary/aromatic N) is 3. The van der Waals surface area contributed by atoms with Gasteiger partial charge in [-0.05, 0) is 30.3 Å². The Balaban J connectivity index is 1.89. The number of nitro groups is 1. The molecule has 1 heterocycles. The normalized spacial score (nSPS) is 11.7. The third-order valence-corrected chi connectivity index (χ3v) is 5.09. The maximum absolute atomic E-state index is 12.3. The predicted molar refractivity (Wildman–Crippen MR) is 106 cm³/mol. The van der Waals surface area contributed by atoms with Gasteiger partial charge in [0.05, 0.1) is 21.7 Å². The highest BCUT2D eigenvalue weighted by Crippen LogP contribution is 2.23. The van der Waals surface area contributed by atoms with Crippen molar-refractivity contribution in [1.29, 1.82) is 0 Å². The molecule has 3 aromatic rings. The van der Waals surface area contributed by atoms with Crippen LogP contribution in [0.2, 0.25) is 5.02 Å². The van der Waals surface area contributed by atoms with Crippen molar-refractivity contribution >= 4 is 44.7 Å². The van der Waals surface area contributed by atoms with Gasteiger partial charge in [0.15, 0.2) is 11.4 Å². The first-order chi connectivity index (χ1) is 13.5. The van der Waals surface area contributed by atoms with Crippen molar-refractivity contribution in [2.45, 2.75) is 6.54 Å². The number of thiazole rings is 1. The second kappa shape index (κ2) is 8.96. The number of non-ortho nitro benzene ring substituents is 1. The lowest BCUT2D eigenvalue weighted by Crippen LogP contribution is -2.21. The van der Waals surface area contributed by atoms with Gasteiger partial charge >= 0.3 is 0 Å². The number of benzene rings is 2. The van der Waals surface area contributed by atoms with Gasteiger partial charge in [0, 0.05) is 30.8 Å². The molecule has 0 spiro atoms. The van der Waals surface area contributed by atoms with E-state index < -0.39 is 10.8 Å². The number of fused-ring (bicyclic) bond motifs is 1. The average molecular weight is 422 g/mol. The molecule has 0 radical (unpaired) electrons. The summed E-state index contributed by atoms with van der Waals surface area (Å²) in [6.07, 6.45) is 0. The smallest absolute Gasteiger partial charge is 0.286 e. The van der Waals surface area contributed by atoms with Gasteiger partial charge in [-0.2, -0.15) is 4.99 Å². The minimum atomic E-state index is -0.470. The van der Waals surface area contributed by atoms with Crippen LogP contribution in [0.15, 0.2) is 47.5 Å². The zero-order chi connectivity index (χ0) is 20.1. The highest BCUT2D eigenvalue weighted by molar-refractivity contribution is 7.16. The molecule has 0 unspecified atom stereocenters. The van der Waals surface area contributed by atoms with E-state index >= 15 is 0 Å². The van der Waals surface area contributed by atoms with Gasteiger partial charge in [-0.25, -0.2) is 0 Å². The Morgan fingerprint density at radius 3 is 2.71 bits per heavy atom. The molecule has 0 aliphatic carbocycles. The number of methoxy groups -OCH3 is 1. The number of halogens is 1. The van der Waals surface area contributed by atoms with Crippen LogP contribution in [0, 0.1) is 10.1 Å². The monoisotopic (exact) mass is 421 g/mol. The molecule has 0 atom stereocenters. The van der Waals surface area contributed by atoms with Gasteiger partial charge in [-0.1, -0.05) is 22.9 Å². The summed E-state index contributed by atoms with van der Waals surface area (Å²) in [5.74, 6) is 0.0364. The van der Waals surface area contributed by atoms with E-state index in [0.29, 0.717) is 33.4 Å². The number of hydrogen-bond donors (Lipinski definition) is 0. The molecule has 2 aromatic carbocycles. The number of carbonyl (C=O) groups excluding carboxylic acids is 1. The Labute approximate surface area is 168 Å². The molecular formula is C18H16ClN3O5S. The van der Waals surface area contributed by atoms with Crippen molar-refractivity contribution < 1.29 is 19.2 Å². The van der Waals surface area contributed by atoms with E-state index in [-0.39, 0.29) is 12.3 Å². The Hall–Kier alpha value is -2.75. The summed E-state index contributed by atoms with van der Waals surface area (Å²) in [6, 6.07) is 11.2. The lowest BCUT2D eigenvalue weighted by atomic mass is 10.3. The van der Waals surface area contributed by atoms with Crippen LogP contribution in [0.3, 0.4) is 0 Å². The van der Waals surface area contributed by atoms with Crippen LogP contribution in [0.1, 0.15) is 0 Å². The van der Waals surface area contributed by atoms with E-state index in [1.807, 2.05) is 0 Å². The van der Waals surface area contributed by atoms with Crippen molar-refractivity contribution in [2.75, 3.05) is 20.3 Å². The molecule has 0 saturated carbocycles. The summed E-state index contributed by atoms with van der Waals surface area (Å²) in [4.78, 5) is 27.4. The van der Waals surface area contributed by atoms with Crippen molar-refractivity contribution in [3.05, 3.63) is 62.4 Å². The molecular weight excluding hydrogens is 406 g/mol. The molecule has 0 N–H and O–H groups in total. The average Bonchev–Trinajstić information content (AvgIpc) is 3.01. The number of aromatic nitrogens is 1. The molecule has 28 heavy (non-hydrogen) atoms. The van der Waals surface area contributed by atoms with Gasteiger partial charge in [-0.15, -0.1) is 0 Å². The SMILES string of the molecule is COCCn1c(=NC(=O)COc2ccc(Cl)cc2)sc2cc([N+](=O)[O-])ccc21. The van der Waals surface area contributed by atoms with Crippen molar-refractivity contribution in [2.24, 2.45) is 4.99 Å². The highest BCUT2D eigenvalue weighted by Gasteiger charge is 2.13. The largest absolute Gasteiger partial charge is 0.484 e. The van der Waals surface area contributed by atoms with Gasteiger partial charge in [0.1, 0.15) is 5.75 Å². The fourth-order valence-electron chi connectivity index (χ4n) is 2.47. The summed E-state index contributed by atoms with van der Waals surface area (Å²) < 4.78 is 13.0. The zero-order valence-corrected chi connectivity index (χ0v) is 16.4. The first-order valence-electron chi connectivity index (χ1n) is 8.20. The molecule has 0 aliphatic rings. The van der Waals surface area contributed by atoms with Gasteiger partial charge in [0.2, 0.25) is 0 Å². The minimum absolute atomic E-state index is 0.0170. The topological polar surface area (TPSA) is 96.0 Å². The predicted octanol–water partition coefficient (Wildman–Crippen LogP) is 3.42. The number of ether oxygens (including phenoxy) is 2. The Morgan fingerprint density at radius 2 is 2.04 bits per heavy atom. The molecule has 1 amide bonds. The standard InChI is InChI=1S/C18H16ClN3O5S/c1-26-9-8-21-15-7-4-13(22(24)25)10-16(15)28-18(21)20-17(23)11-27-14-5-2-12(19)3-6-14/h2-7,10H,8-9,11H2,1H3. The first-order valence-corrected chi connectivity index (χ1v) is 9.40. The van der Waals surface area contributed by atoms with Crippen molar-refractivity contribution in [3.63, 3.8) is 0 Å². The lowest BCUT2D eigenvalue weighted by molar-refractivity contribution is -0.384. The fourth-order valence-corrected chi connectivity index (χ4v) is 3.71. The third kappa shape index (κ3) is 4.75. The van der Waals surface area contributed by atoms with E-state index in [4.69, 9.17) is 21.1 Å². The number of rotatable bonds is 7. The van der Waals surface area contributed by atoms with Crippen LogP contribution in [0.4, 0.5) is 5.69 Å². The summed E-state index contributed by atoms with van der Waals surface area (Å²) >= 11 is 7.02. The summed E-state index contributed by atoms with van der Waals surface area (Å²) in [7, 11) is 1.57. The summed E-state index contributed by atoms with van der Waals surface area (Å²) in [6.45, 7) is 0.629. The van der Waals surface area contributed by atoms with Crippen LogP contribution in [0.5, 0.6) is 5.75 Å². The molecule has 0 aliphatic heterocycles. The van der Waals surface area contributed by atoms with E-state index in [9.17, 15) is 14.9 Å². The van der Waals surface area contributed by atoms with Gasteiger partial charge in [-0.3, -0.25) is 14.9 Å². The number of carbonyl (C=O) groups is 1. The van der Waals surface area contributed by atoms with E-state index in [1.165, 1.54) is 23.5 Å². The number of hydrogen-bond acceptors (Lipinski definition) is 6. The van der Waals surface area contributed by atoms with E-state index in [2.05, 4.69) is 4.99 Å². The molecule has 1 aromatic heterocycles. The number of nitro benzene ring substituents is 1. The molecule has 3 rings (SSSR count). The van der Waals surface area contributed by atoms with Crippen LogP contribution >= 0.6 is 22.9 Å². The van der Waals surface area contributed by atoms with Crippen LogP contribution in [0.25, 0.3) is 10.2 Å². The molecule has 0 bridgehead atoms. The molecule has 146 valence electrons. The van der Waals surface area contributed by atoms with Crippen LogP contribution in [-0.2, 0) is 16.1 Å². The maximum atomic E-state index is 12.3. The fraction of sp³-hybridized carbons (Fsp3) is 0.222. The Kier molecular flexibility index (Phi) is 6.40. The van der Waals surface area contributed by atoms with E-state index in [0.717, 1.165) is 5.52 Å². The van der Waals surface area contributed by atoms with Gasteiger partial charge in [0.25, 0.3) is 11.6 Å². The van der Waals surface area contributed by atoms with Crippen LogP contribution in [-0.4, -0.2) is 35.7 Å². The number of amides is 1. The maximum Gasteiger partial charge on any atom is 0.286 e. The quantitative estimate of drug-likeness (QED) is 0.430. The summed E-state index contributed by atoms with van der Waals surface area (Å²) in [5.41, 5.74) is 0.731. The molecule has 0 saturated heterocycles. The highest BCUT2D eigenvalue weighted by atomic mass is 35.5. The van der Waals surface area contributed by atoms with E-state index in [1.54, 1.807) is 42.0 Å². The Bertz CT molecular complexity index is 1080. The van der Waals surface area contributed by atoms with Crippen LogP contribution < -0.4 is 9.54 Å².